The van der Waals surface area contributed by atoms with E-state index in [9.17, 15) is 8.42 Å². The van der Waals surface area contributed by atoms with Crippen LogP contribution < -0.4 is 4.72 Å². The zero-order valence-electron chi connectivity index (χ0n) is 12.7. The van der Waals surface area contributed by atoms with Gasteiger partial charge in [0.1, 0.15) is 0 Å². The molecule has 3 rings (SSSR count). The molecule has 0 bridgehead atoms. The van der Waals surface area contributed by atoms with Crippen LogP contribution in [0.4, 0.5) is 5.82 Å². The number of anilines is 1. The maximum Gasteiger partial charge on any atom is 0.263 e. The third-order valence-corrected chi connectivity index (χ3v) is 4.80. The van der Waals surface area contributed by atoms with Crippen LogP contribution in [-0.2, 0) is 10.0 Å². The van der Waals surface area contributed by atoms with E-state index in [0.29, 0.717) is 11.1 Å². The fourth-order valence-corrected chi connectivity index (χ4v) is 3.28. The van der Waals surface area contributed by atoms with Crippen molar-refractivity contribution in [3.8, 4) is 17.2 Å². The summed E-state index contributed by atoms with van der Waals surface area (Å²) in [6.45, 7) is 1.81. The van der Waals surface area contributed by atoms with Gasteiger partial charge in [0.05, 0.1) is 16.5 Å². The topological polar surface area (TPSA) is 112 Å². The number of aryl methyl sites for hydroxylation is 1. The zero-order valence-corrected chi connectivity index (χ0v) is 13.5. The summed E-state index contributed by atoms with van der Waals surface area (Å²) in [5.41, 5.74) is 2.59. The highest BCUT2D eigenvalue weighted by atomic mass is 32.2. The molecule has 0 saturated carbocycles. The Bertz CT molecular complexity index is 1000. The molecule has 1 aromatic carbocycles. The molecule has 24 heavy (non-hydrogen) atoms. The number of benzene rings is 1. The Morgan fingerprint density at radius 2 is 1.79 bits per heavy atom. The molecule has 0 aliphatic heterocycles. The quantitative estimate of drug-likeness (QED) is 0.758. The van der Waals surface area contributed by atoms with E-state index in [1.807, 2.05) is 13.0 Å². The number of hydrogen-bond acceptors (Lipinski definition) is 5. The molecule has 0 aliphatic rings. The van der Waals surface area contributed by atoms with Gasteiger partial charge in [0.15, 0.2) is 5.82 Å². The Balaban J connectivity index is 1.98. The molecule has 2 heterocycles. The highest BCUT2D eigenvalue weighted by Crippen LogP contribution is 2.30. The van der Waals surface area contributed by atoms with Crippen molar-refractivity contribution < 1.29 is 8.42 Å². The van der Waals surface area contributed by atoms with Crippen LogP contribution in [0.1, 0.15) is 11.3 Å². The largest absolute Gasteiger partial charge is 0.280 e. The Labute approximate surface area is 139 Å². The van der Waals surface area contributed by atoms with Crippen molar-refractivity contribution in [2.45, 2.75) is 11.8 Å². The van der Waals surface area contributed by atoms with E-state index in [0.717, 1.165) is 11.3 Å². The van der Waals surface area contributed by atoms with Crippen molar-refractivity contribution in [2.24, 2.45) is 0 Å². The van der Waals surface area contributed by atoms with Crippen molar-refractivity contribution in [1.29, 1.82) is 5.26 Å². The molecule has 120 valence electrons. The van der Waals surface area contributed by atoms with Crippen molar-refractivity contribution in [1.82, 2.24) is 15.2 Å². The lowest BCUT2D eigenvalue weighted by atomic mass is 10.1. The number of nitrogens with zero attached hydrogens (tertiary/aromatic N) is 3. The predicted molar refractivity (Wildman–Crippen MR) is 88.5 cm³/mol. The van der Waals surface area contributed by atoms with Crippen molar-refractivity contribution in [3.05, 3.63) is 60.0 Å². The van der Waals surface area contributed by atoms with E-state index in [4.69, 9.17) is 5.26 Å². The Morgan fingerprint density at radius 1 is 1.12 bits per heavy atom. The van der Waals surface area contributed by atoms with Crippen molar-refractivity contribution in [3.63, 3.8) is 0 Å². The Hall–Kier alpha value is -3.18. The summed E-state index contributed by atoms with van der Waals surface area (Å²) in [5, 5.41) is 15.6. The molecule has 0 aliphatic carbocycles. The molecule has 0 radical (unpaired) electrons. The Kier molecular flexibility index (Phi) is 4.02. The summed E-state index contributed by atoms with van der Waals surface area (Å²) in [5.74, 6) is 0.211. The zero-order chi connectivity index (χ0) is 17.2. The lowest BCUT2D eigenvalue weighted by Crippen LogP contribution is -2.13. The molecule has 8 heteroatoms. The second-order valence-electron chi connectivity index (χ2n) is 5.05. The average Bonchev–Trinajstić information content (AvgIpc) is 2.95. The molecule has 2 aromatic heterocycles. The molecule has 0 saturated heterocycles. The second-order valence-corrected chi connectivity index (χ2v) is 6.73. The molecule has 2 N–H and O–H groups in total. The van der Waals surface area contributed by atoms with Crippen molar-refractivity contribution >= 4 is 15.8 Å². The monoisotopic (exact) mass is 339 g/mol. The van der Waals surface area contributed by atoms with Crippen LogP contribution in [0.15, 0.2) is 53.7 Å². The molecule has 0 amide bonds. The summed E-state index contributed by atoms with van der Waals surface area (Å²) in [6.07, 6.45) is 3.25. The molecule has 7 nitrogen and oxygen atoms in total. The van der Waals surface area contributed by atoms with Crippen LogP contribution in [0, 0.1) is 18.3 Å². The van der Waals surface area contributed by atoms with E-state index in [2.05, 4.69) is 19.9 Å². The van der Waals surface area contributed by atoms with Crippen LogP contribution in [0.2, 0.25) is 0 Å². The first kappa shape index (κ1) is 15.7. The molecule has 0 spiro atoms. The van der Waals surface area contributed by atoms with Crippen LogP contribution in [0.3, 0.4) is 0 Å². The minimum absolute atomic E-state index is 0.0582. The van der Waals surface area contributed by atoms with Crippen LogP contribution >= 0.6 is 0 Å². The molecule has 0 unspecified atom stereocenters. The molecular weight excluding hydrogens is 326 g/mol. The summed E-state index contributed by atoms with van der Waals surface area (Å²) in [4.78, 5) is 4.02. The van der Waals surface area contributed by atoms with Gasteiger partial charge in [-0.1, -0.05) is 0 Å². The number of H-pyrrole nitrogens is 1. The first-order valence-electron chi connectivity index (χ1n) is 6.99. The first-order valence-corrected chi connectivity index (χ1v) is 8.48. The van der Waals surface area contributed by atoms with Gasteiger partial charge in [-0.2, -0.15) is 10.4 Å². The van der Waals surface area contributed by atoms with Gasteiger partial charge in [-0.05, 0) is 48.9 Å². The molecule has 0 fully saturated rings. The van der Waals surface area contributed by atoms with Gasteiger partial charge in [-0.15, -0.1) is 0 Å². The number of rotatable bonds is 4. The maximum absolute atomic E-state index is 12.5. The summed E-state index contributed by atoms with van der Waals surface area (Å²) >= 11 is 0. The number of sulfonamides is 1. The first-order chi connectivity index (χ1) is 11.5. The van der Waals surface area contributed by atoms with Crippen molar-refractivity contribution in [2.75, 3.05) is 4.72 Å². The number of nitriles is 1. The van der Waals surface area contributed by atoms with Gasteiger partial charge in [-0.3, -0.25) is 14.8 Å². The minimum atomic E-state index is -3.81. The molecule has 0 atom stereocenters. The SMILES string of the molecule is Cc1[nH]nc(NS(=O)(=O)c2ccc(C#N)cc2)c1-c1ccncc1. The smallest absolute Gasteiger partial charge is 0.263 e. The van der Waals surface area contributed by atoms with E-state index in [-0.39, 0.29) is 10.7 Å². The molecular formula is C16H13N5O2S. The maximum atomic E-state index is 12.5. The number of pyridine rings is 1. The number of aromatic nitrogens is 3. The fraction of sp³-hybridized carbons (Fsp3) is 0.0625. The van der Waals surface area contributed by atoms with Gasteiger partial charge < -0.3 is 0 Å². The number of nitrogens with one attached hydrogen (secondary N) is 2. The van der Waals surface area contributed by atoms with E-state index < -0.39 is 10.0 Å². The summed E-state index contributed by atoms with van der Waals surface area (Å²) in [6, 6.07) is 11.2. The highest BCUT2D eigenvalue weighted by Gasteiger charge is 2.20. The van der Waals surface area contributed by atoms with E-state index >= 15 is 0 Å². The summed E-state index contributed by atoms with van der Waals surface area (Å²) in [7, 11) is -3.81. The van der Waals surface area contributed by atoms with E-state index in [1.165, 1.54) is 24.3 Å². The fourth-order valence-electron chi connectivity index (χ4n) is 2.27. The van der Waals surface area contributed by atoms with Gasteiger partial charge in [0.25, 0.3) is 10.0 Å². The van der Waals surface area contributed by atoms with Crippen LogP contribution in [-0.4, -0.2) is 23.6 Å². The Morgan fingerprint density at radius 3 is 2.42 bits per heavy atom. The second kappa shape index (κ2) is 6.14. The van der Waals surface area contributed by atoms with Gasteiger partial charge in [0.2, 0.25) is 0 Å². The third kappa shape index (κ3) is 2.98. The highest BCUT2D eigenvalue weighted by molar-refractivity contribution is 7.92. The standard InChI is InChI=1S/C16H13N5O2S/c1-11-15(13-6-8-18-9-7-13)16(20-19-11)21-24(22,23)14-4-2-12(10-17)3-5-14/h2-9H,1H3,(H2,19,20,21). The summed E-state index contributed by atoms with van der Waals surface area (Å²) < 4.78 is 27.6. The molecule has 3 aromatic rings. The lowest BCUT2D eigenvalue weighted by Gasteiger charge is -2.08. The van der Waals surface area contributed by atoms with E-state index in [1.54, 1.807) is 24.5 Å². The van der Waals surface area contributed by atoms with Gasteiger partial charge >= 0.3 is 0 Å². The normalized spacial score (nSPS) is 11.0. The predicted octanol–water partition coefficient (Wildman–Crippen LogP) is 2.45. The number of hydrogen-bond donors (Lipinski definition) is 2. The minimum Gasteiger partial charge on any atom is -0.280 e. The number of aromatic amines is 1. The van der Waals surface area contributed by atoms with Crippen LogP contribution in [0.5, 0.6) is 0 Å². The van der Waals surface area contributed by atoms with Gasteiger partial charge in [-0.25, -0.2) is 8.42 Å². The lowest BCUT2D eigenvalue weighted by molar-refractivity contribution is 0.601. The third-order valence-electron chi connectivity index (χ3n) is 3.44. The average molecular weight is 339 g/mol. The van der Waals surface area contributed by atoms with Gasteiger partial charge in [0, 0.05) is 23.7 Å². The van der Waals surface area contributed by atoms with Crippen LogP contribution in [0.25, 0.3) is 11.1 Å².